The second kappa shape index (κ2) is 10.1. The van der Waals surface area contributed by atoms with Crippen LogP contribution in [0.1, 0.15) is 31.7 Å². The molecule has 0 saturated heterocycles. The van der Waals surface area contributed by atoms with Crippen molar-refractivity contribution < 1.29 is 17.6 Å². The first-order valence-corrected chi connectivity index (χ1v) is 12.5. The minimum absolute atomic E-state index is 0.00502. The molecule has 0 aliphatic carbocycles. The highest BCUT2D eigenvalue weighted by Gasteiger charge is 2.24. The van der Waals surface area contributed by atoms with Gasteiger partial charge in [-0.25, -0.2) is 12.8 Å². The molecule has 1 heterocycles. The number of amides is 1. The number of nitrogens with zero attached hydrogens (tertiary/aromatic N) is 2. The molecule has 31 heavy (non-hydrogen) atoms. The van der Waals surface area contributed by atoms with Crippen LogP contribution in [-0.2, 0) is 21.2 Å². The summed E-state index contributed by atoms with van der Waals surface area (Å²) in [5.74, 6) is -0.730. The van der Waals surface area contributed by atoms with Crippen LogP contribution in [0.4, 0.5) is 15.8 Å². The van der Waals surface area contributed by atoms with E-state index in [4.69, 9.17) is 0 Å². The van der Waals surface area contributed by atoms with E-state index < -0.39 is 15.8 Å². The normalized spacial score (nSPS) is 15.6. The zero-order chi connectivity index (χ0) is 22.4. The standard InChI is InChI=1S/C23H30FN3O3S/c1-18-17-19-9-3-5-11-21(19)26(18)15-8-14-25-23(28)13-7-16-27(31(2,29)30)22-12-6-4-10-20(22)24/h3-6,9-12,18H,7-8,13-17H2,1-2H3,(H,25,28)/t18-/m0/s1. The largest absolute Gasteiger partial charge is 0.368 e. The van der Waals surface area contributed by atoms with E-state index in [0.29, 0.717) is 19.0 Å². The fraction of sp³-hybridized carbons (Fsp3) is 0.435. The van der Waals surface area contributed by atoms with E-state index in [-0.39, 0.29) is 24.6 Å². The lowest BCUT2D eigenvalue weighted by Crippen LogP contribution is -2.34. The average molecular weight is 448 g/mol. The molecule has 3 rings (SSSR count). The molecule has 2 aromatic carbocycles. The topological polar surface area (TPSA) is 69.7 Å². The molecule has 168 valence electrons. The monoisotopic (exact) mass is 447 g/mol. The molecule has 1 N–H and O–H groups in total. The third kappa shape index (κ3) is 5.97. The Morgan fingerprint density at radius 2 is 1.87 bits per heavy atom. The van der Waals surface area contributed by atoms with Gasteiger partial charge in [-0.15, -0.1) is 0 Å². The van der Waals surface area contributed by atoms with Crippen LogP contribution in [0.25, 0.3) is 0 Å². The van der Waals surface area contributed by atoms with E-state index in [1.165, 1.54) is 29.4 Å². The highest BCUT2D eigenvalue weighted by Crippen LogP contribution is 2.31. The van der Waals surface area contributed by atoms with Crippen molar-refractivity contribution in [3.63, 3.8) is 0 Å². The SMILES string of the molecule is C[C@H]1Cc2ccccc2N1CCCNC(=O)CCCN(c1ccccc1F)S(C)(=O)=O. The molecule has 8 heteroatoms. The molecule has 1 aliphatic rings. The van der Waals surface area contributed by atoms with Gasteiger partial charge in [0.05, 0.1) is 11.9 Å². The molecule has 0 fully saturated rings. The third-order valence-corrected chi connectivity index (χ3v) is 6.71. The molecule has 0 aromatic heterocycles. The third-order valence-electron chi connectivity index (χ3n) is 5.53. The number of anilines is 2. The second-order valence-corrected chi connectivity index (χ2v) is 9.88. The lowest BCUT2D eigenvalue weighted by atomic mass is 10.1. The van der Waals surface area contributed by atoms with E-state index >= 15 is 0 Å². The van der Waals surface area contributed by atoms with Gasteiger partial charge < -0.3 is 10.2 Å². The number of para-hydroxylation sites is 2. The van der Waals surface area contributed by atoms with E-state index in [2.05, 4.69) is 35.3 Å². The molecule has 2 aromatic rings. The van der Waals surface area contributed by atoms with Crippen molar-refractivity contribution in [2.75, 3.05) is 35.1 Å². The fourth-order valence-corrected chi connectivity index (χ4v) is 5.00. The molecule has 1 atom stereocenters. The molecular weight excluding hydrogens is 417 g/mol. The minimum atomic E-state index is -3.64. The molecular formula is C23H30FN3O3S. The van der Waals surface area contributed by atoms with Gasteiger partial charge in [0, 0.05) is 37.8 Å². The summed E-state index contributed by atoms with van der Waals surface area (Å²) < 4.78 is 39.2. The summed E-state index contributed by atoms with van der Waals surface area (Å²) in [6.07, 6.45) is 3.40. The number of rotatable bonds is 10. The Labute approximate surface area is 184 Å². The Morgan fingerprint density at radius 1 is 1.16 bits per heavy atom. The first-order chi connectivity index (χ1) is 14.8. The number of sulfonamides is 1. The lowest BCUT2D eigenvalue weighted by Gasteiger charge is -2.25. The molecule has 1 aliphatic heterocycles. The van der Waals surface area contributed by atoms with Gasteiger partial charge in [0.25, 0.3) is 0 Å². The quantitative estimate of drug-likeness (QED) is 0.567. The van der Waals surface area contributed by atoms with Gasteiger partial charge >= 0.3 is 0 Å². The predicted octanol–water partition coefficient (Wildman–Crippen LogP) is 3.33. The van der Waals surface area contributed by atoms with Gasteiger partial charge in [0.1, 0.15) is 5.82 Å². The Morgan fingerprint density at radius 3 is 2.61 bits per heavy atom. The summed E-state index contributed by atoms with van der Waals surface area (Å²) in [6.45, 7) is 3.69. The average Bonchev–Trinajstić information content (AvgIpc) is 3.03. The Bertz CT molecular complexity index is 1010. The highest BCUT2D eigenvalue weighted by molar-refractivity contribution is 7.92. The maximum atomic E-state index is 14.0. The minimum Gasteiger partial charge on any atom is -0.368 e. The van der Waals surface area contributed by atoms with Crippen molar-refractivity contribution in [2.45, 2.75) is 38.6 Å². The van der Waals surface area contributed by atoms with Gasteiger partial charge in [-0.1, -0.05) is 30.3 Å². The summed E-state index contributed by atoms with van der Waals surface area (Å²) >= 11 is 0. The molecule has 0 bridgehead atoms. The summed E-state index contributed by atoms with van der Waals surface area (Å²) in [5.41, 5.74) is 2.64. The van der Waals surface area contributed by atoms with E-state index in [9.17, 15) is 17.6 Å². The number of fused-ring (bicyclic) bond motifs is 1. The number of carbonyl (C=O) groups is 1. The van der Waals surface area contributed by atoms with Crippen LogP contribution < -0.4 is 14.5 Å². The van der Waals surface area contributed by atoms with Crippen LogP contribution in [0.2, 0.25) is 0 Å². The van der Waals surface area contributed by atoms with E-state index in [1.807, 2.05) is 6.07 Å². The molecule has 0 saturated carbocycles. The number of carbonyl (C=O) groups excluding carboxylic acids is 1. The summed E-state index contributed by atoms with van der Waals surface area (Å²) in [5, 5.41) is 2.90. The molecule has 0 radical (unpaired) electrons. The van der Waals surface area contributed by atoms with Crippen LogP contribution in [0.3, 0.4) is 0 Å². The van der Waals surface area contributed by atoms with Crippen LogP contribution in [0.5, 0.6) is 0 Å². The van der Waals surface area contributed by atoms with Crippen molar-refractivity contribution in [1.29, 1.82) is 0 Å². The van der Waals surface area contributed by atoms with Gasteiger partial charge in [0.2, 0.25) is 15.9 Å². The predicted molar refractivity (Wildman–Crippen MR) is 122 cm³/mol. The fourth-order valence-electron chi connectivity index (χ4n) is 4.04. The Balaban J connectivity index is 1.42. The number of benzene rings is 2. The van der Waals surface area contributed by atoms with Gasteiger partial charge in [-0.2, -0.15) is 0 Å². The first kappa shape index (κ1) is 23.1. The van der Waals surface area contributed by atoms with Gasteiger partial charge in [-0.3, -0.25) is 9.10 Å². The Hall–Kier alpha value is -2.61. The smallest absolute Gasteiger partial charge is 0.232 e. The first-order valence-electron chi connectivity index (χ1n) is 10.6. The zero-order valence-electron chi connectivity index (χ0n) is 18.1. The van der Waals surface area contributed by atoms with Crippen molar-refractivity contribution >= 4 is 27.3 Å². The van der Waals surface area contributed by atoms with E-state index in [1.54, 1.807) is 6.07 Å². The maximum Gasteiger partial charge on any atom is 0.232 e. The van der Waals surface area contributed by atoms with Crippen LogP contribution in [0, 0.1) is 5.82 Å². The summed E-state index contributed by atoms with van der Waals surface area (Å²) in [4.78, 5) is 14.5. The Kier molecular flexibility index (Phi) is 7.54. The summed E-state index contributed by atoms with van der Waals surface area (Å²) in [7, 11) is -3.64. The maximum absolute atomic E-state index is 14.0. The van der Waals surface area contributed by atoms with Crippen molar-refractivity contribution in [1.82, 2.24) is 5.32 Å². The lowest BCUT2D eigenvalue weighted by molar-refractivity contribution is -0.121. The van der Waals surface area contributed by atoms with Crippen LogP contribution in [-0.4, -0.2) is 46.3 Å². The summed E-state index contributed by atoms with van der Waals surface area (Å²) in [6, 6.07) is 14.6. The number of hydrogen-bond donors (Lipinski definition) is 1. The molecule has 0 spiro atoms. The number of halogens is 1. The van der Waals surface area contributed by atoms with Crippen LogP contribution in [0.15, 0.2) is 48.5 Å². The number of nitrogens with one attached hydrogen (secondary N) is 1. The molecule has 0 unspecified atom stereocenters. The van der Waals surface area contributed by atoms with Gasteiger partial charge in [0.15, 0.2) is 0 Å². The van der Waals surface area contributed by atoms with Crippen molar-refractivity contribution in [2.24, 2.45) is 0 Å². The second-order valence-electron chi connectivity index (χ2n) is 7.97. The van der Waals surface area contributed by atoms with Crippen molar-refractivity contribution in [3.05, 3.63) is 59.9 Å². The molecule has 1 amide bonds. The number of hydrogen-bond acceptors (Lipinski definition) is 4. The zero-order valence-corrected chi connectivity index (χ0v) is 18.9. The highest BCUT2D eigenvalue weighted by atomic mass is 32.2. The van der Waals surface area contributed by atoms with Gasteiger partial charge in [-0.05, 0) is 49.9 Å². The van der Waals surface area contributed by atoms with Crippen molar-refractivity contribution in [3.8, 4) is 0 Å². The van der Waals surface area contributed by atoms with E-state index in [0.717, 1.165) is 29.9 Å². The van der Waals surface area contributed by atoms with Crippen LogP contribution >= 0.6 is 0 Å². The molecule has 6 nitrogen and oxygen atoms in total.